The van der Waals surface area contributed by atoms with Crippen molar-refractivity contribution < 1.29 is 39.3 Å². The largest absolute Gasteiger partial charge is 0.504 e. The Balaban J connectivity index is 1.24. The van der Waals surface area contributed by atoms with Gasteiger partial charge in [-0.15, -0.1) is 33.3 Å². The van der Waals surface area contributed by atoms with Crippen LogP contribution in [-0.4, -0.2) is 88.0 Å². The molecule has 3 atom stereocenters. The van der Waals surface area contributed by atoms with E-state index in [1.807, 2.05) is 0 Å². The number of β-lactam (4-membered cyclic amide) rings is 1. The third-order valence-electron chi connectivity index (χ3n) is 6.33. The van der Waals surface area contributed by atoms with E-state index in [9.17, 15) is 39.3 Å². The number of phenolic OH excluding ortho intramolecular Hbond substituents is 2. The normalized spacial score (nSPS) is 18.0. The van der Waals surface area contributed by atoms with Crippen molar-refractivity contribution in [3.05, 3.63) is 51.1 Å². The van der Waals surface area contributed by atoms with Gasteiger partial charge in [-0.05, 0) is 30.7 Å². The molecule has 0 spiro atoms. The second kappa shape index (κ2) is 13.2. The summed E-state index contributed by atoms with van der Waals surface area (Å²) in [6.45, 7) is 1.80. The lowest BCUT2D eigenvalue weighted by molar-refractivity contribution is -0.151. The third-order valence-corrected chi connectivity index (χ3v) is 10.4. The molecule has 1 aromatic carbocycles. The number of urea groups is 1. The molecule has 3 aromatic rings. The number of aliphatic carboxylic acids is 1. The maximum atomic E-state index is 13.4. The summed E-state index contributed by atoms with van der Waals surface area (Å²) in [5, 5.41) is 43.4. The van der Waals surface area contributed by atoms with Crippen LogP contribution in [0.25, 0.3) is 0 Å². The van der Waals surface area contributed by atoms with Crippen molar-refractivity contribution in [1.82, 2.24) is 41.6 Å². The Morgan fingerprint density at radius 2 is 1.96 bits per heavy atom. The number of nitrogens with two attached hydrogens (primary N) is 1. The summed E-state index contributed by atoms with van der Waals surface area (Å²) in [6, 6.07) is -0.321. The first-order chi connectivity index (χ1) is 21.4. The topological polar surface area (TPSA) is 262 Å². The summed E-state index contributed by atoms with van der Waals surface area (Å²) < 4.78 is 0.668. The number of fused-ring (bicyclic) bond motifs is 1. The zero-order chi connectivity index (χ0) is 32.4. The number of thioether (sulfide) groups is 2. The van der Waals surface area contributed by atoms with E-state index in [0.29, 0.717) is 15.7 Å². The Morgan fingerprint density at radius 1 is 1.18 bits per heavy atom. The number of nitrogens with one attached hydrogen (secondary N) is 4. The predicted octanol–water partition coefficient (Wildman–Crippen LogP) is 0.513. The molecule has 0 radical (unpaired) electrons. The van der Waals surface area contributed by atoms with Crippen LogP contribution in [0.15, 0.2) is 39.2 Å². The first kappa shape index (κ1) is 31.8. The molecule has 21 heteroatoms. The van der Waals surface area contributed by atoms with Crippen molar-refractivity contribution in [2.75, 3.05) is 17.2 Å². The minimum Gasteiger partial charge on any atom is -0.504 e. The number of hydrogen-bond acceptors (Lipinski definition) is 15. The zero-order valence-electron chi connectivity index (χ0n) is 22.8. The van der Waals surface area contributed by atoms with Crippen LogP contribution in [0.4, 0.5) is 9.93 Å². The van der Waals surface area contributed by atoms with E-state index in [1.54, 1.807) is 6.92 Å². The lowest BCUT2D eigenvalue weighted by Crippen LogP contribution is -2.71. The van der Waals surface area contributed by atoms with Gasteiger partial charge in [0.1, 0.15) is 22.1 Å². The smallest absolute Gasteiger partial charge is 0.352 e. The standard InChI is InChI=1S/C24H23N9O8S4/c1-8-29-32-24(45-8)44-6-10-5-42-20-15(19(38)33(20)16(10)21(39)40)27-18(37)14(11-7-43-22(25)26-11)28-23(41)31-30-17(36)9-2-3-12(34)13(35)4-9/h2-4,7,14-15,20,34-35H,5-6H2,1H3,(H2,25,26)(H,27,37)(H,30,36)(H,39,40)(H2,28,31,41)/t14?,15?,20-/m0/s1. The Morgan fingerprint density at radius 3 is 2.60 bits per heavy atom. The van der Waals surface area contributed by atoms with Gasteiger partial charge in [0.2, 0.25) is 5.91 Å². The number of carboxylic acids is 1. The van der Waals surface area contributed by atoms with Crippen molar-refractivity contribution in [3.63, 3.8) is 0 Å². The maximum absolute atomic E-state index is 13.4. The Bertz CT molecular complexity index is 1730. The number of benzene rings is 1. The second-order valence-electron chi connectivity index (χ2n) is 9.33. The molecule has 0 aliphatic carbocycles. The molecule has 5 rings (SSSR count). The highest BCUT2D eigenvalue weighted by Crippen LogP contribution is 2.42. The summed E-state index contributed by atoms with van der Waals surface area (Å²) >= 11 is 4.97. The number of amides is 5. The van der Waals surface area contributed by atoms with Gasteiger partial charge in [-0.25, -0.2) is 20.0 Å². The van der Waals surface area contributed by atoms with Crippen LogP contribution in [0.2, 0.25) is 0 Å². The van der Waals surface area contributed by atoms with Gasteiger partial charge in [-0.3, -0.25) is 24.7 Å². The zero-order valence-corrected chi connectivity index (χ0v) is 26.1. The van der Waals surface area contributed by atoms with Crippen LogP contribution < -0.4 is 27.2 Å². The summed E-state index contributed by atoms with van der Waals surface area (Å²) in [7, 11) is 0. The van der Waals surface area contributed by atoms with Gasteiger partial charge >= 0.3 is 12.0 Å². The fourth-order valence-corrected chi connectivity index (χ4v) is 8.13. The second-order valence-corrected chi connectivity index (χ2v) is 13.7. The van der Waals surface area contributed by atoms with Gasteiger partial charge in [0, 0.05) is 22.4 Å². The lowest BCUT2D eigenvalue weighted by Gasteiger charge is -2.49. The average molecular weight is 694 g/mol. The highest BCUT2D eigenvalue weighted by atomic mass is 32.2. The van der Waals surface area contributed by atoms with E-state index >= 15 is 0 Å². The summed E-state index contributed by atoms with van der Waals surface area (Å²) in [5.41, 5.74) is 10.2. The highest BCUT2D eigenvalue weighted by Gasteiger charge is 2.54. The molecule has 2 unspecified atom stereocenters. The predicted molar refractivity (Wildman–Crippen MR) is 163 cm³/mol. The molecule has 1 fully saturated rings. The van der Waals surface area contributed by atoms with Crippen LogP contribution >= 0.6 is 46.2 Å². The van der Waals surface area contributed by atoms with Crippen LogP contribution in [0.3, 0.4) is 0 Å². The van der Waals surface area contributed by atoms with Gasteiger partial charge < -0.3 is 31.7 Å². The third kappa shape index (κ3) is 6.90. The van der Waals surface area contributed by atoms with Crippen molar-refractivity contribution in [1.29, 1.82) is 0 Å². The summed E-state index contributed by atoms with van der Waals surface area (Å²) in [4.78, 5) is 68.9. The number of rotatable bonds is 9. The maximum Gasteiger partial charge on any atom is 0.352 e. The first-order valence-electron chi connectivity index (χ1n) is 12.7. The van der Waals surface area contributed by atoms with Crippen LogP contribution in [0, 0.1) is 6.92 Å². The quantitative estimate of drug-likeness (QED) is 0.0658. The number of phenols is 2. The number of nitrogen functional groups attached to an aromatic ring is 1. The number of nitrogens with zero attached hydrogens (tertiary/aromatic N) is 4. The monoisotopic (exact) mass is 693 g/mol. The Hall–Kier alpha value is -4.60. The number of thiazole rings is 1. The minimum atomic E-state index is -1.46. The highest BCUT2D eigenvalue weighted by molar-refractivity contribution is 8.01. The molecular formula is C24H23N9O8S4. The fraction of sp³-hybridized carbons (Fsp3) is 0.250. The van der Waals surface area contributed by atoms with Crippen molar-refractivity contribution in [3.8, 4) is 11.5 Å². The van der Waals surface area contributed by atoms with Crippen LogP contribution in [0.1, 0.15) is 27.1 Å². The minimum absolute atomic E-state index is 0.0530. The van der Waals surface area contributed by atoms with Crippen LogP contribution in [-0.2, 0) is 14.4 Å². The summed E-state index contributed by atoms with van der Waals surface area (Å²) in [6.07, 6.45) is 0. The fourth-order valence-electron chi connectivity index (χ4n) is 4.24. The van der Waals surface area contributed by atoms with Gasteiger partial charge in [-0.1, -0.05) is 23.1 Å². The Kier molecular flexibility index (Phi) is 9.32. The van der Waals surface area contributed by atoms with E-state index < -0.39 is 58.7 Å². The molecule has 0 saturated carbocycles. The molecule has 5 amide bonds. The number of carbonyl (C=O) groups is 5. The number of hydrazine groups is 1. The molecule has 0 bridgehead atoms. The first-order valence-corrected chi connectivity index (χ1v) is 16.4. The number of aromatic nitrogens is 3. The van der Waals surface area contributed by atoms with Gasteiger partial charge in [0.15, 0.2) is 27.0 Å². The van der Waals surface area contributed by atoms with Crippen molar-refractivity contribution in [2.45, 2.75) is 28.7 Å². The Labute approximate surface area is 269 Å². The molecule has 45 heavy (non-hydrogen) atoms. The number of carbonyl (C=O) groups excluding carboxylic acids is 4. The molecule has 2 aliphatic heterocycles. The van der Waals surface area contributed by atoms with Gasteiger partial charge in [0.25, 0.3) is 11.8 Å². The molecule has 236 valence electrons. The molecular weight excluding hydrogens is 671 g/mol. The molecule has 9 N–H and O–H groups in total. The van der Waals surface area contributed by atoms with E-state index in [1.165, 1.54) is 46.3 Å². The van der Waals surface area contributed by atoms with E-state index in [-0.39, 0.29) is 27.8 Å². The van der Waals surface area contributed by atoms with E-state index in [2.05, 4.69) is 36.7 Å². The number of carboxylic acid groups (broad SMARTS) is 1. The van der Waals surface area contributed by atoms with E-state index in [0.717, 1.165) is 33.4 Å². The van der Waals surface area contributed by atoms with Crippen molar-refractivity contribution >= 4 is 81.1 Å². The molecule has 4 heterocycles. The van der Waals surface area contributed by atoms with Gasteiger partial charge in [-0.2, -0.15) is 0 Å². The molecule has 1 saturated heterocycles. The number of anilines is 1. The number of hydrogen-bond donors (Lipinski definition) is 8. The SMILES string of the molecule is Cc1nnc(SCC2=C(C(=O)O)N3C(=O)C(NC(=O)C(NC(=O)NNC(=O)c4ccc(O)c(O)c4)c4csc(N)n4)[C@@H]3SC2)s1. The molecule has 17 nitrogen and oxygen atoms in total. The lowest BCUT2D eigenvalue weighted by atomic mass is 10.0. The average Bonchev–Trinajstić information content (AvgIpc) is 3.64. The molecule has 2 aliphatic rings. The number of aryl methyl sites for hydroxylation is 1. The van der Waals surface area contributed by atoms with E-state index in [4.69, 9.17) is 5.73 Å². The summed E-state index contributed by atoms with van der Waals surface area (Å²) in [5.74, 6) is -4.01. The van der Waals surface area contributed by atoms with Gasteiger partial charge in [0.05, 0.1) is 5.69 Å². The number of aromatic hydroxyl groups is 2. The molecule has 2 aromatic heterocycles. The van der Waals surface area contributed by atoms with Crippen molar-refractivity contribution in [2.24, 2.45) is 0 Å². The van der Waals surface area contributed by atoms with Crippen LogP contribution in [0.5, 0.6) is 11.5 Å².